The summed E-state index contributed by atoms with van der Waals surface area (Å²) in [6.45, 7) is 3.23. The normalized spacial score (nSPS) is 13.0. The van der Waals surface area contributed by atoms with Crippen LogP contribution in [0.5, 0.6) is 0 Å². The van der Waals surface area contributed by atoms with Gasteiger partial charge in [0.15, 0.2) is 0 Å². The van der Waals surface area contributed by atoms with Crippen molar-refractivity contribution in [3.05, 3.63) is 28.2 Å². The molecule has 0 bridgehead atoms. The highest BCUT2D eigenvalue weighted by Crippen LogP contribution is 2.22. The third-order valence-corrected chi connectivity index (χ3v) is 4.37. The van der Waals surface area contributed by atoms with Crippen molar-refractivity contribution >= 4 is 33.4 Å². The van der Waals surface area contributed by atoms with Gasteiger partial charge < -0.3 is 5.73 Å². The number of nitrogens with two attached hydrogens (primary N) is 1. The van der Waals surface area contributed by atoms with Crippen LogP contribution >= 0.6 is 27.7 Å². The number of benzene rings is 1. The van der Waals surface area contributed by atoms with Gasteiger partial charge in [-0.15, -0.1) is 0 Å². The Bertz CT molecular complexity index is 357. The van der Waals surface area contributed by atoms with E-state index in [9.17, 15) is 0 Å². The molecule has 4 heteroatoms. The fourth-order valence-corrected chi connectivity index (χ4v) is 2.72. The van der Waals surface area contributed by atoms with Crippen molar-refractivity contribution in [2.45, 2.75) is 25.9 Å². The molecule has 0 aromatic heterocycles. The van der Waals surface area contributed by atoms with E-state index in [0.717, 1.165) is 16.7 Å². The van der Waals surface area contributed by atoms with Crippen LogP contribution in [0.2, 0.25) is 0 Å². The molecule has 1 unspecified atom stereocenters. The van der Waals surface area contributed by atoms with E-state index >= 15 is 0 Å². The van der Waals surface area contributed by atoms with Gasteiger partial charge in [-0.05, 0) is 50.1 Å². The summed E-state index contributed by atoms with van der Waals surface area (Å²) in [6, 6.07) is 6.62. The lowest BCUT2D eigenvalue weighted by molar-refractivity contribution is 0.244. The predicted molar refractivity (Wildman–Crippen MR) is 82.5 cm³/mol. The largest absolute Gasteiger partial charge is 0.399 e. The molecule has 2 nitrogen and oxygen atoms in total. The van der Waals surface area contributed by atoms with E-state index in [4.69, 9.17) is 5.73 Å². The number of halogens is 1. The van der Waals surface area contributed by atoms with Crippen molar-refractivity contribution in [2.24, 2.45) is 0 Å². The van der Waals surface area contributed by atoms with Crippen molar-refractivity contribution < 1.29 is 0 Å². The molecule has 0 aliphatic rings. The third kappa shape index (κ3) is 4.90. The Kier molecular flexibility index (Phi) is 6.38. The molecular weight excluding hydrogens is 296 g/mol. The number of hydrogen-bond donors (Lipinski definition) is 1. The summed E-state index contributed by atoms with van der Waals surface area (Å²) in [4.78, 5) is 2.38. The summed E-state index contributed by atoms with van der Waals surface area (Å²) >= 11 is 5.47. The maximum absolute atomic E-state index is 5.74. The van der Waals surface area contributed by atoms with Crippen molar-refractivity contribution in [3.8, 4) is 0 Å². The average molecular weight is 317 g/mol. The standard InChI is InChI=1S/C13H21BrN2S/c1-10(6-7-17-3)16(2)9-11-4-5-12(15)8-13(11)14/h4-5,8,10H,6-7,9,15H2,1-3H3. The number of thioether (sulfide) groups is 1. The Morgan fingerprint density at radius 2 is 2.18 bits per heavy atom. The minimum Gasteiger partial charge on any atom is -0.399 e. The molecule has 0 fully saturated rings. The van der Waals surface area contributed by atoms with Gasteiger partial charge in [-0.25, -0.2) is 0 Å². The van der Waals surface area contributed by atoms with Crippen molar-refractivity contribution in [3.63, 3.8) is 0 Å². The highest BCUT2D eigenvalue weighted by molar-refractivity contribution is 9.10. The smallest absolute Gasteiger partial charge is 0.0325 e. The summed E-state index contributed by atoms with van der Waals surface area (Å²) in [5.41, 5.74) is 7.83. The van der Waals surface area contributed by atoms with E-state index in [0.29, 0.717) is 6.04 Å². The first kappa shape index (κ1) is 14.9. The zero-order valence-electron chi connectivity index (χ0n) is 10.7. The molecule has 1 rings (SSSR count). The summed E-state index contributed by atoms with van der Waals surface area (Å²) in [7, 11) is 2.17. The van der Waals surface area contributed by atoms with Gasteiger partial charge in [0.05, 0.1) is 0 Å². The van der Waals surface area contributed by atoms with Gasteiger partial charge in [-0.1, -0.05) is 22.0 Å². The van der Waals surface area contributed by atoms with Crippen molar-refractivity contribution in [1.29, 1.82) is 0 Å². The van der Waals surface area contributed by atoms with E-state index in [-0.39, 0.29) is 0 Å². The van der Waals surface area contributed by atoms with Gasteiger partial charge in [0, 0.05) is 22.7 Å². The molecule has 1 atom stereocenters. The minimum atomic E-state index is 0.604. The molecular formula is C13H21BrN2S. The second kappa shape index (κ2) is 7.29. The maximum atomic E-state index is 5.74. The Morgan fingerprint density at radius 3 is 2.76 bits per heavy atom. The first-order valence-corrected chi connectivity index (χ1v) is 7.96. The van der Waals surface area contributed by atoms with E-state index in [2.05, 4.69) is 47.1 Å². The fourth-order valence-electron chi connectivity index (χ4n) is 1.63. The van der Waals surface area contributed by atoms with E-state index in [1.165, 1.54) is 17.7 Å². The second-order valence-electron chi connectivity index (χ2n) is 4.40. The summed E-state index contributed by atoms with van der Waals surface area (Å²) < 4.78 is 1.10. The lowest BCUT2D eigenvalue weighted by atomic mass is 10.1. The Labute approximate surface area is 117 Å². The SMILES string of the molecule is CSCCC(C)N(C)Cc1ccc(N)cc1Br. The lowest BCUT2D eigenvalue weighted by Gasteiger charge is -2.25. The molecule has 17 heavy (non-hydrogen) atoms. The Morgan fingerprint density at radius 1 is 1.47 bits per heavy atom. The molecule has 0 amide bonds. The number of nitrogen functional groups attached to an aromatic ring is 1. The Balaban J connectivity index is 2.58. The van der Waals surface area contributed by atoms with E-state index in [1.807, 2.05) is 23.9 Å². The quantitative estimate of drug-likeness (QED) is 0.813. The molecule has 0 aliphatic carbocycles. The van der Waals surface area contributed by atoms with E-state index in [1.54, 1.807) is 0 Å². The predicted octanol–water partition coefficient (Wildman–Crippen LogP) is 3.60. The zero-order valence-corrected chi connectivity index (χ0v) is 13.1. The van der Waals surface area contributed by atoms with Gasteiger partial charge in [0.25, 0.3) is 0 Å². The summed E-state index contributed by atoms with van der Waals surface area (Å²) in [5, 5.41) is 0. The summed E-state index contributed by atoms with van der Waals surface area (Å²) in [6.07, 6.45) is 3.38. The fraction of sp³-hybridized carbons (Fsp3) is 0.538. The molecule has 0 saturated carbocycles. The summed E-state index contributed by atoms with van der Waals surface area (Å²) in [5.74, 6) is 1.22. The number of rotatable bonds is 6. The zero-order chi connectivity index (χ0) is 12.8. The van der Waals surface area contributed by atoms with Gasteiger partial charge >= 0.3 is 0 Å². The van der Waals surface area contributed by atoms with Crippen LogP contribution in [0.15, 0.2) is 22.7 Å². The molecule has 0 heterocycles. The topological polar surface area (TPSA) is 29.3 Å². The maximum Gasteiger partial charge on any atom is 0.0325 e. The minimum absolute atomic E-state index is 0.604. The third-order valence-electron chi connectivity index (χ3n) is 2.99. The molecule has 2 N–H and O–H groups in total. The first-order valence-electron chi connectivity index (χ1n) is 5.77. The Hall–Kier alpha value is -0.190. The van der Waals surface area contributed by atoms with Crippen LogP contribution in [0.25, 0.3) is 0 Å². The van der Waals surface area contributed by atoms with Crippen LogP contribution < -0.4 is 5.73 Å². The van der Waals surface area contributed by atoms with Crippen LogP contribution in [0.1, 0.15) is 18.9 Å². The molecule has 0 radical (unpaired) electrons. The highest BCUT2D eigenvalue weighted by Gasteiger charge is 2.10. The molecule has 0 aliphatic heterocycles. The monoisotopic (exact) mass is 316 g/mol. The van der Waals surface area contributed by atoms with Crippen LogP contribution in [0, 0.1) is 0 Å². The van der Waals surface area contributed by atoms with Crippen molar-refractivity contribution in [2.75, 3.05) is 24.8 Å². The van der Waals surface area contributed by atoms with E-state index < -0.39 is 0 Å². The average Bonchev–Trinajstić information content (AvgIpc) is 2.29. The van der Waals surface area contributed by atoms with Crippen molar-refractivity contribution in [1.82, 2.24) is 4.90 Å². The van der Waals surface area contributed by atoms with Gasteiger partial charge in [-0.2, -0.15) is 11.8 Å². The van der Waals surface area contributed by atoms with Crippen LogP contribution in [-0.2, 0) is 6.54 Å². The molecule has 0 spiro atoms. The molecule has 96 valence electrons. The van der Waals surface area contributed by atoms with Crippen LogP contribution in [0.4, 0.5) is 5.69 Å². The van der Waals surface area contributed by atoms with Gasteiger partial charge in [-0.3, -0.25) is 4.90 Å². The number of anilines is 1. The molecule has 1 aromatic carbocycles. The van der Waals surface area contributed by atoms with Crippen LogP contribution in [-0.4, -0.2) is 30.0 Å². The highest BCUT2D eigenvalue weighted by atomic mass is 79.9. The number of nitrogens with zero attached hydrogens (tertiary/aromatic N) is 1. The number of hydrogen-bond acceptors (Lipinski definition) is 3. The second-order valence-corrected chi connectivity index (χ2v) is 6.24. The lowest BCUT2D eigenvalue weighted by Crippen LogP contribution is -2.29. The molecule has 1 aromatic rings. The van der Waals surface area contributed by atoms with Gasteiger partial charge in [0.1, 0.15) is 0 Å². The van der Waals surface area contributed by atoms with Gasteiger partial charge in [0.2, 0.25) is 0 Å². The molecule has 0 saturated heterocycles. The van der Waals surface area contributed by atoms with Crippen LogP contribution in [0.3, 0.4) is 0 Å². The first-order chi connectivity index (χ1) is 8.04.